The van der Waals surface area contributed by atoms with Gasteiger partial charge in [-0.05, 0) is 19.1 Å². The monoisotopic (exact) mass is 292 g/mol. The maximum Gasteiger partial charge on any atom is 0.349 e. The minimum Gasteiger partial charge on any atom is -0.465 e. The minimum absolute atomic E-state index is 0.381. The number of esters is 1. The van der Waals surface area contributed by atoms with Gasteiger partial charge < -0.3 is 4.74 Å². The normalized spacial score (nSPS) is 10.0. The van der Waals surface area contributed by atoms with Crippen LogP contribution in [0.4, 0.5) is 0 Å². The number of halogens is 1. The molecule has 6 heteroatoms. The number of methoxy groups -OCH3 is 1. The molecular formula is C13H9ClN2O2S. The van der Waals surface area contributed by atoms with Crippen molar-refractivity contribution in [2.75, 3.05) is 7.11 Å². The van der Waals surface area contributed by atoms with Crippen LogP contribution >= 0.6 is 22.9 Å². The molecule has 0 N–H and O–H groups in total. The first-order chi connectivity index (χ1) is 9.06. The second-order valence-corrected chi connectivity index (χ2v) is 5.14. The third kappa shape index (κ3) is 2.60. The number of aryl methyl sites for hydroxylation is 1. The lowest BCUT2D eigenvalue weighted by Crippen LogP contribution is -1.99. The highest BCUT2D eigenvalue weighted by Crippen LogP contribution is 2.30. The highest BCUT2D eigenvalue weighted by Gasteiger charge is 2.17. The molecule has 1 aromatic carbocycles. The summed E-state index contributed by atoms with van der Waals surface area (Å²) in [6, 6.07) is 7.08. The van der Waals surface area contributed by atoms with Gasteiger partial charge in [-0.2, -0.15) is 5.26 Å². The lowest BCUT2D eigenvalue weighted by molar-refractivity contribution is 0.0605. The molecule has 0 saturated heterocycles. The van der Waals surface area contributed by atoms with Crippen molar-refractivity contribution >= 4 is 28.9 Å². The topological polar surface area (TPSA) is 63.0 Å². The summed E-state index contributed by atoms with van der Waals surface area (Å²) in [4.78, 5) is 16.3. The average molecular weight is 293 g/mol. The summed E-state index contributed by atoms with van der Waals surface area (Å²) in [5.41, 5.74) is 1.75. The summed E-state index contributed by atoms with van der Waals surface area (Å²) >= 11 is 7.11. The van der Waals surface area contributed by atoms with Gasteiger partial charge in [-0.15, -0.1) is 11.3 Å². The number of thiazole rings is 1. The van der Waals surface area contributed by atoms with Crippen LogP contribution in [0.2, 0.25) is 5.02 Å². The minimum atomic E-state index is -0.407. The number of carbonyl (C=O) groups is 1. The molecule has 19 heavy (non-hydrogen) atoms. The van der Waals surface area contributed by atoms with Crippen LogP contribution in [0.25, 0.3) is 10.6 Å². The molecule has 0 amide bonds. The molecule has 0 atom stereocenters. The van der Waals surface area contributed by atoms with Crippen LogP contribution in [0.15, 0.2) is 18.2 Å². The highest BCUT2D eigenvalue weighted by atomic mass is 35.5. The van der Waals surface area contributed by atoms with Crippen LogP contribution in [0.3, 0.4) is 0 Å². The third-order valence-electron chi connectivity index (χ3n) is 2.50. The Hall–Kier alpha value is -1.90. The maximum absolute atomic E-state index is 11.5. The van der Waals surface area contributed by atoms with Crippen molar-refractivity contribution in [1.29, 1.82) is 5.26 Å². The van der Waals surface area contributed by atoms with Gasteiger partial charge in [0, 0.05) is 5.56 Å². The van der Waals surface area contributed by atoms with Crippen LogP contribution in [0.1, 0.15) is 20.9 Å². The van der Waals surface area contributed by atoms with Gasteiger partial charge in [0.25, 0.3) is 0 Å². The quantitative estimate of drug-likeness (QED) is 0.796. The summed E-state index contributed by atoms with van der Waals surface area (Å²) in [5.74, 6) is -0.407. The van der Waals surface area contributed by atoms with Crippen molar-refractivity contribution in [2.45, 2.75) is 6.92 Å². The third-order valence-corrected chi connectivity index (χ3v) is 4.02. The first-order valence-corrected chi connectivity index (χ1v) is 6.52. The molecule has 0 bridgehead atoms. The largest absolute Gasteiger partial charge is 0.465 e. The molecule has 0 unspecified atom stereocenters. The van der Waals surface area contributed by atoms with E-state index in [2.05, 4.69) is 9.72 Å². The van der Waals surface area contributed by atoms with E-state index < -0.39 is 5.97 Å². The Morgan fingerprint density at radius 3 is 2.89 bits per heavy atom. The zero-order valence-corrected chi connectivity index (χ0v) is 11.8. The van der Waals surface area contributed by atoms with E-state index in [-0.39, 0.29) is 0 Å². The second kappa shape index (κ2) is 5.39. The van der Waals surface area contributed by atoms with Gasteiger partial charge in [0.05, 0.1) is 23.4 Å². The van der Waals surface area contributed by atoms with Crippen LogP contribution in [0.5, 0.6) is 0 Å². The van der Waals surface area contributed by atoms with Crippen molar-refractivity contribution in [3.8, 4) is 16.6 Å². The molecule has 0 aliphatic rings. The summed E-state index contributed by atoms with van der Waals surface area (Å²) in [7, 11) is 1.33. The Labute approximate surface area is 119 Å². The molecule has 1 heterocycles. The number of hydrogen-bond donors (Lipinski definition) is 0. The number of ether oxygens (including phenoxy) is 1. The molecule has 4 nitrogen and oxygen atoms in total. The SMILES string of the molecule is COC(=O)c1sc(-c2ccc(Cl)c(C#N)c2)nc1C. The van der Waals surface area contributed by atoms with E-state index in [0.717, 1.165) is 5.56 Å². The molecule has 0 aliphatic carbocycles. The van der Waals surface area contributed by atoms with E-state index in [4.69, 9.17) is 16.9 Å². The number of carbonyl (C=O) groups excluding carboxylic acids is 1. The molecular weight excluding hydrogens is 284 g/mol. The molecule has 0 aliphatic heterocycles. The molecule has 2 rings (SSSR count). The van der Waals surface area contributed by atoms with Gasteiger partial charge in [-0.3, -0.25) is 0 Å². The molecule has 1 aromatic heterocycles. The molecule has 2 aromatic rings. The van der Waals surface area contributed by atoms with E-state index in [1.54, 1.807) is 25.1 Å². The van der Waals surface area contributed by atoms with E-state index >= 15 is 0 Å². The number of benzene rings is 1. The Morgan fingerprint density at radius 2 is 2.26 bits per heavy atom. The highest BCUT2D eigenvalue weighted by molar-refractivity contribution is 7.17. The summed E-state index contributed by atoms with van der Waals surface area (Å²) in [5, 5.41) is 10.0. The molecule has 0 saturated carbocycles. The molecule has 96 valence electrons. The zero-order valence-electron chi connectivity index (χ0n) is 10.2. The molecule has 0 fully saturated rings. The van der Waals surface area contributed by atoms with Gasteiger partial charge in [-0.1, -0.05) is 17.7 Å². The maximum atomic E-state index is 11.5. The molecule has 0 radical (unpaired) electrons. The van der Waals surface area contributed by atoms with Gasteiger partial charge >= 0.3 is 5.97 Å². The molecule has 0 spiro atoms. The Kier molecular flexibility index (Phi) is 3.84. The second-order valence-electron chi connectivity index (χ2n) is 3.73. The lowest BCUT2D eigenvalue weighted by atomic mass is 10.1. The number of rotatable bonds is 2. The number of hydrogen-bond acceptors (Lipinski definition) is 5. The van der Waals surface area contributed by atoms with E-state index in [0.29, 0.717) is 26.2 Å². The fraction of sp³-hybridized carbons (Fsp3) is 0.154. The van der Waals surface area contributed by atoms with Crippen LogP contribution < -0.4 is 0 Å². The van der Waals surface area contributed by atoms with Crippen LogP contribution in [-0.2, 0) is 4.74 Å². The van der Waals surface area contributed by atoms with Gasteiger partial charge in [-0.25, -0.2) is 9.78 Å². The van der Waals surface area contributed by atoms with Crippen molar-refractivity contribution in [2.24, 2.45) is 0 Å². The van der Waals surface area contributed by atoms with E-state index in [1.807, 2.05) is 6.07 Å². The first kappa shape index (κ1) is 13.5. The van der Waals surface area contributed by atoms with Gasteiger partial charge in [0.1, 0.15) is 16.0 Å². The summed E-state index contributed by atoms with van der Waals surface area (Å²) in [6.45, 7) is 1.74. The van der Waals surface area contributed by atoms with Crippen LogP contribution in [0, 0.1) is 18.3 Å². The first-order valence-electron chi connectivity index (χ1n) is 5.32. The van der Waals surface area contributed by atoms with E-state index in [1.165, 1.54) is 18.4 Å². The predicted octanol–water partition coefficient (Wildman–Crippen LogP) is 3.43. The van der Waals surface area contributed by atoms with Crippen molar-refractivity contribution in [1.82, 2.24) is 4.98 Å². The summed E-state index contributed by atoms with van der Waals surface area (Å²) in [6.07, 6.45) is 0. The van der Waals surface area contributed by atoms with E-state index in [9.17, 15) is 4.79 Å². The number of nitriles is 1. The Balaban J connectivity index is 2.49. The Bertz CT molecular complexity index is 688. The van der Waals surface area contributed by atoms with Gasteiger partial charge in [0.2, 0.25) is 0 Å². The smallest absolute Gasteiger partial charge is 0.349 e. The lowest BCUT2D eigenvalue weighted by Gasteiger charge is -1.98. The predicted molar refractivity (Wildman–Crippen MR) is 73.4 cm³/mol. The zero-order chi connectivity index (χ0) is 14.0. The standard InChI is InChI=1S/C13H9ClN2O2S/c1-7-11(13(17)18-2)19-12(16-7)8-3-4-10(14)9(5-8)6-15/h3-5H,1-2H3. The number of aromatic nitrogens is 1. The van der Waals surface area contributed by atoms with Gasteiger partial charge in [0.15, 0.2) is 0 Å². The van der Waals surface area contributed by atoms with Crippen molar-refractivity contribution in [3.63, 3.8) is 0 Å². The number of nitrogens with zero attached hydrogens (tertiary/aromatic N) is 2. The Morgan fingerprint density at radius 1 is 1.53 bits per heavy atom. The van der Waals surface area contributed by atoms with Crippen molar-refractivity contribution < 1.29 is 9.53 Å². The van der Waals surface area contributed by atoms with Crippen LogP contribution in [-0.4, -0.2) is 18.1 Å². The van der Waals surface area contributed by atoms with Crippen molar-refractivity contribution in [3.05, 3.63) is 39.4 Å². The fourth-order valence-corrected chi connectivity index (χ4v) is 2.69. The fourth-order valence-electron chi connectivity index (χ4n) is 1.55. The summed E-state index contributed by atoms with van der Waals surface area (Å²) < 4.78 is 4.69. The average Bonchev–Trinajstić information content (AvgIpc) is 2.80.